The molecule has 0 amide bonds. The fraction of sp³-hybridized carbons (Fsp3) is 0.229. The van der Waals surface area contributed by atoms with Gasteiger partial charge in [-0.2, -0.15) is 0 Å². The molecule has 2 aromatic heterocycles. The number of hydrogen-bond acceptors (Lipinski definition) is 4. The van der Waals surface area contributed by atoms with E-state index in [1.54, 1.807) is 6.07 Å². The topological polar surface area (TPSA) is 53.6 Å². The number of pyridine rings is 2. The fourth-order valence-corrected chi connectivity index (χ4v) is 6.03. The van der Waals surface area contributed by atoms with Crippen molar-refractivity contribution >= 4 is 33.8 Å². The van der Waals surface area contributed by atoms with Gasteiger partial charge in [-0.1, -0.05) is 65.0 Å². The van der Waals surface area contributed by atoms with Gasteiger partial charge in [-0.25, -0.2) is 14.8 Å². The van der Waals surface area contributed by atoms with Crippen LogP contribution in [0, 0.1) is 13.5 Å². The largest absolute Gasteiger partial charge is 0.506 e. The summed E-state index contributed by atoms with van der Waals surface area (Å²) in [4.78, 5) is 15.9. The summed E-state index contributed by atoms with van der Waals surface area (Å²) in [5.74, 6) is 0.949. The first-order chi connectivity index (χ1) is 19.0. The third-order valence-corrected chi connectivity index (χ3v) is 7.97. The zero-order valence-corrected chi connectivity index (χ0v) is 23.7. The van der Waals surface area contributed by atoms with E-state index in [1.165, 1.54) is 0 Å². The molecule has 5 aromatic rings. The lowest BCUT2D eigenvalue weighted by Gasteiger charge is -2.42. The minimum atomic E-state index is -0.401. The first-order valence-electron chi connectivity index (χ1n) is 13.5. The quantitative estimate of drug-likeness (QED) is 0.234. The van der Waals surface area contributed by atoms with Crippen LogP contribution in [0.15, 0.2) is 79.0 Å². The van der Waals surface area contributed by atoms with Crippen LogP contribution in [0.1, 0.15) is 56.9 Å². The average molecular weight is 525 g/mol. The molecular weight excluding hydrogens is 492 g/mol. The molecule has 0 saturated carbocycles. The maximum absolute atomic E-state index is 10.8. The smallest absolute Gasteiger partial charge is 0.193 e. The van der Waals surface area contributed by atoms with Gasteiger partial charge in [0.05, 0.1) is 18.0 Å². The molecule has 198 valence electrons. The van der Waals surface area contributed by atoms with E-state index in [0.29, 0.717) is 16.9 Å². The van der Waals surface area contributed by atoms with Gasteiger partial charge in [0.15, 0.2) is 5.69 Å². The van der Waals surface area contributed by atoms with Crippen molar-refractivity contribution in [2.75, 3.05) is 4.90 Å². The van der Waals surface area contributed by atoms with Gasteiger partial charge in [-0.15, -0.1) is 0 Å². The number of para-hydroxylation sites is 1. The molecule has 3 aromatic carbocycles. The molecule has 0 atom stereocenters. The van der Waals surface area contributed by atoms with Crippen LogP contribution in [0.4, 0.5) is 22.9 Å². The molecule has 6 rings (SSSR count). The Balaban J connectivity index is 1.64. The molecule has 0 fully saturated rings. The molecular formula is C35H32N4O. The van der Waals surface area contributed by atoms with Crippen LogP contribution < -0.4 is 4.90 Å². The highest BCUT2D eigenvalue weighted by Crippen LogP contribution is 2.55. The summed E-state index contributed by atoms with van der Waals surface area (Å²) < 4.78 is 0. The van der Waals surface area contributed by atoms with Crippen LogP contribution >= 0.6 is 0 Å². The summed E-state index contributed by atoms with van der Waals surface area (Å²) in [7, 11) is 0. The summed E-state index contributed by atoms with van der Waals surface area (Å²) in [6.07, 6.45) is 1.83. The minimum Gasteiger partial charge on any atom is -0.506 e. The predicted molar refractivity (Wildman–Crippen MR) is 163 cm³/mol. The zero-order valence-electron chi connectivity index (χ0n) is 23.7. The van der Waals surface area contributed by atoms with Crippen molar-refractivity contribution in [3.05, 3.63) is 113 Å². The van der Waals surface area contributed by atoms with Gasteiger partial charge < -0.3 is 5.11 Å². The number of hydrogen-bond donors (Lipinski definition) is 1. The van der Waals surface area contributed by atoms with E-state index >= 15 is 0 Å². The van der Waals surface area contributed by atoms with E-state index in [-0.39, 0.29) is 11.2 Å². The Labute approximate surface area is 235 Å². The van der Waals surface area contributed by atoms with Crippen molar-refractivity contribution in [2.45, 2.75) is 52.4 Å². The number of anilines is 3. The van der Waals surface area contributed by atoms with Gasteiger partial charge in [-0.3, -0.25) is 4.90 Å². The minimum absolute atomic E-state index is 0.0987. The van der Waals surface area contributed by atoms with E-state index in [0.717, 1.165) is 50.4 Å². The highest BCUT2D eigenvalue weighted by atomic mass is 16.3. The number of aromatic nitrogens is 2. The van der Waals surface area contributed by atoms with Crippen molar-refractivity contribution < 1.29 is 5.11 Å². The monoisotopic (exact) mass is 524 g/mol. The van der Waals surface area contributed by atoms with E-state index in [4.69, 9.17) is 16.5 Å². The molecule has 0 radical (unpaired) electrons. The second kappa shape index (κ2) is 8.93. The highest BCUT2D eigenvalue weighted by molar-refractivity contribution is 5.93. The van der Waals surface area contributed by atoms with Gasteiger partial charge in [0.1, 0.15) is 17.1 Å². The fourth-order valence-electron chi connectivity index (χ4n) is 6.03. The van der Waals surface area contributed by atoms with Gasteiger partial charge in [-0.05, 0) is 82.6 Å². The van der Waals surface area contributed by atoms with Crippen molar-refractivity contribution in [1.29, 1.82) is 0 Å². The van der Waals surface area contributed by atoms with E-state index in [9.17, 15) is 5.11 Å². The number of fused-ring (bicyclic) bond motifs is 3. The molecule has 5 heteroatoms. The molecule has 40 heavy (non-hydrogen) atoms. The van der Waals surface area contributed by atoms with E-state index in [1.807, 2.05) is 42.6 Å². The lowest BCUT2D eigenvalue weighted by Crippen LogP contribution is -2.31. The van der Waals surface area contributed by atoms with Crippen LogP contribution in [-0.4, -0.2) is 15.1 Å². The molecule has 5 nitrogen and oxygen atoms in total. The van der Waals surface area contributed by atoms with Crippen LogP contribution in [-0.2, 0) is 10.8 Å². The Morgan fingerprint density at radius 1 is 0.925 bits per heavy atom. The lowest BCUT2D eigenvalue weighted by molar-refractivity contribution is 0.479. The Hall–Kier alpha value is -4.69. The number of nitrogens with zero attached hydrogens (tertiary/aromatic N) is 4. The summed E-state index contributed by atoms with van der Waals surface area (Å²) >= 11 is 0. The maximum atomic E-state index is 10.8. The van der Waals surface area contributed by atoms with Crippen LogP contribution in [0.2, 0.25) is 0 Å². The molecule has 1 N–H and O–H groups in total. The van der Waals surface area contributed by atoms with Gasteiger partial charge in [0.25, 0.3) is 0 Å². The molecule has 0 aliphatic carbocycles. The number of aromatic hydroxyl groups is 1. The number of phenolic OH excluding ortho intramolecular Hbond substituents is 1. The van der Waals surface area contributed by atoms with Crippen LogP contribution in [0.25, 0.3) is 27.0 Å². The number of phenols is 1. The Morgan fingerprint density at radius 3 is 2.42 bits per heavy atom. The molecule has 0 bridgehead atoms. The third kappa shape index (κ3) is 3.91. The van der Waals surface area contributed by atoms with E-state index in [2.05, 4.69) is 81.6 Å². The molecule has 0 saturated heterocycles. The summed E-state index contributed by atoms with van der Waals surface area (Å²) in [6.45, 7) is 21.1. The van der Waals surface area contributed by atoms with Crippen LogP contribution in [0.3, 0.4) is 0 Å². The van der Waals surface area contributed by atoms with Gasteiger partial charge in [0.2, 0.25) is 0 Å². The van der Waals surface area contributed by atoms with Gasteiger partial charge in [0, 0.05) is 22.7 Å². The lowest BCUT2D eigenvalue weighted by atomic mass is 9.72. The number of benzene rings is 3. The Kier molecular flexibility index (Phi) is 5.71. The maximum Gasteiger partial charge on any atom is 0.193 e. The van der Waals surface area contributed by atoms with Crippen molar-refractivity contribution in [3.8, 4) is 17.0 Å². The van der Waals surface area contributed by atoms with Crippen molar-refractivity contribution in [3.63, 3.8) is 0 Å². The van der Waals surface area contributed by atoms with Crippen molar-refractivity contribution in [1.82, 2.24) is 9.97 Å². The predicted octanol–water partition coefficient (Wildman–Crippen LogP) is 9.27. The second-order valence-electron chi connectivity index (χ2n) is 12.1. The molecule has 0 spiro atoms. The van der Waals surface area contributed by atoms with Gasteiger partial charge >= 0.3 is 0 Å². The third-order valence-electron chi connectivity index (χ3n) is 7.97. The molecule has 1 aliphatic heterocycles. The Morgan fingerprint density at radius 2 is 1.70 bits per heavy atom. The Bertz CT molecular complexity index is 1860. The second-order valence-corrected chi connectivity index (χ2v) is 12.1. The summed E-state index contributed by atoms with van der Waals surface area (Å²) in [5, 5.41) is 11.7. The number of aryl methyl sites for hydroxylation is 1. The average Bonchev–Trinajstić information content (AvgIpc) is 2.92. The molecule has 0 unspecified atom stereocenters. The first kappa shape index (κ1) is 25.6. The summed E-state index contributed by atoms with van der Waals surface area (Å²) in [6, 6.07) is 24.2. The zero-order chi connectivity index (χ0) is 28.4. The van der Waals surface area contributed by atoms with Crippen LogP contribution in [0.5, 0.6) is 5.75 Å². The first-order valence-corrected chi connectivity index (χ1v) is 13.5. The highest BCUT2D eigenvalue weighted by Gasteiger charge is 2.39. The SMILES string of the molecule is [C-]#[N+]c1cc(-c2ccc3c(C(C)(C)C)ccc(O)c3n2)cc2c1C(C)(C)c1ccccc1N2c1cc(C)ccn1. The van der Waals surface area contributed by atoms with Crippen molar-refractivity contribution in [2.24, 2.45) is 0 Å². The normalized spacial score (nSPS) is 14.0. The van der Waals surface area contributed by atoms with E-state index < -0.39 is 5.41 Å². The standard InChI is InChI=1S/C35H32N4O/c1-21-16-17-37-31(18-21)39-28-11-9-8-10-25(28)35(5,6)32-27(36-7)19-22(20-29(32)39)26-14-12-23-24(34(2,3)4)13-15-30(40)33(23)38-26/h8-20,40H,1-6H3. The summed E-state index contributed by atoms with van der Waals surface area (Å²) in [5.41, 5.74) is 8.48. The number of rotatable bonds is 2. The molecule has 1 aliphatic rings. The molecule has 3 heterocycles.